The quantitative estimate of drug-likeness (QED) is 0.597. The molecule has 3 atom stereocenters. The second kappa shape index (κ2) is 6.57. The number of aromatic nitrogens is 1. The molecule has 2 aliphatic rings. The third-order valence-electron chi connectivity index (χ3n) is 5.11. The van der Waals surface area contributed by atoms with Gasteiger partial charge >= 0.3 is 6.18 Å². The van der Waals surface area contributed by atoms with Crippen LogP contribution in [0.5, 0.6) is 0 Å². The minimum atomic E-state index is -4.40. The highest BCUT2D eigenvalue weighted by Crippen LogP contribution is 2.41. The molecular formula is C18H17ClF4N2. The lowest BCUT2D eigenvalue weighted by Gasteiger charge is -2.21. The Bertz CT molecular complexity index is 761. The number of hydrogen-bond donors (Lipinski definition) is 1. The standard InChI is InChI=1S/C18H16F4N2.ClH/c19-17-15(10-1-3-12(4-2-10)18(20,21)22)7-11(9-23-17)14-8-13-5-6-16(14)24-13;/h1-4,7,9,13-14,16,24H,5-6,8H2;1H. The molecule has 2 aromatic rings. The molecule has 2 saturated heterocycles. The number of alkyl halides is 3. The Morgan fingerprint density at radius 3 is 2.36 bits per heavy atom. The fraction of sp³-hybridized carbons (Fsp3) is 0.389. The zero-order chi connectivity index (χ0) is 16.9. The minimum Gasteiger partial charge on any atom is -0.311 e. The summed E-state index contributed by atoms with van der Waals surface area (Å²) in [7, 11) is 0. The molecular weight excluding hydrogens is 356 g/mol. The number of pyridine rings is 1. The molecule has 25 heavy (non-hydrogen) atoms. The number of fused-ring (bicyclic) bond motifs is 2. The van der Waals surface area contributed by atoms with Crippen molar-refractivity contribution in [3.8, 4) is 11.1 Å². The highest BCUT2D eigenvalue weighted by atomic mass is 35.5. The van der Waals surface area contributed by atoms with Crippen molar-refractivity contribution < 1.29 is 17.6 Å². The van der Waals surface area contributed by atoms with E-state index in [0.29, 0.717) is 23.6 Å². The molecule has 0 spiro atoms. The molecule has 2 fully saturated rings. The maximum Gasteiger partial charge on any atom is 0.416 e. The van der Waals surface area contributed by atoms with E-state index in [9.17, 15) is 17.6 Å². The summed E-state index contributed by atoms with van der Waals surface area (Å²) < 4.78 is 52.1. The van der Waals surface area contributed by atoms with Crippen LogP contribution in [0.2, 0.25) is 0 Å². The second-order valence-corrected chi connectivity index (χ2v) is 6.57. The monoisotopic (exact) mass is 372 g/mol. The Morgan fingerprint density at radius 1 is 1.08 bits per heavy atom. The zero-order valence-electron chi connectivity index (χ0n) is 13.2. The van der Waals surface area contributed by atoms with Crippen molar-refractivity contribution in [3.05, 3.63) is 53.6 Å². The van der Waals surface area contributed by atoms with Crippen molar-refractivity contribution in [3.63, 3.8) is 0 Å². The minimum absolute atomic E-state index is 0. The Hall–Kier alpha value is -1.66. The molecule has 4 rings (SSSR count). The fourth-order valence-corrected chi connectivity index (χ4v) is 3.90. The van der Waals surface area contributed by atoms with Crippen LogP contribution in [0.15, 0.2) is 36.5 Å². The summed E-state index contributed by atoms with van der Waals surface area (Å²) >= 11 is 0. The third-order valence-corrected chi connectivity index (χ3v) is 5.11. The van der Waals surface area contributed by atoms with Gasteiger partial charge in [0, 0.05) is 29.8 Å². The average molecular weight is 373 g/mol. The Balaban J connectivity index is 0.00000182. The van der Waals surface area contributed by atoms with E-state index in [2.05, 4.69) is 10.3 Å². The van der Waals surface area contributed by atoms with E-state index in [-0.39, 0.29) is 18.0 Å². The number of halogens is 5. The molecule has 0 aliphatic carbocycles. The molecule has 134 valence electrons. The van der Waals surface area contributed by atoms with Gasteiger partial charge < -0.3 is 5.32 Å². The van der Waals surface area contributed by atoms with Crippen molar-refractivity contribution in [1.82, 2.24) is 10.3 Å². The lowest BCUT2D eigenvalue weighted by Crippen LogP contribution is -2.21. The first kappa shape index (κ1) is 18.1. The second-order valence-electron chi connectivity index (χ2n) is 6.57. The zero-order valence-corrected chi connectivity index (χ0v) is 14.0. The van der Waals surface area contributed by atoms with Gasteiger partial charge in [0.15, 0.2) is 0 Å². The van der Waals surface area contributed by atoms with E-state index in [1.54, 1.807) is 12.3 Å². The molecule has 0 amide bonds. The van der Waals surface area contributed by atoms with E-state index in [1.807, 2.05) is 0 Å². The summed E-state index contributed by atoms with van der Waals surface area (Å²) in [5.74, 6) is -0.361. The van der Waals surface area contributed by atoms with E-state index < -0.39 is 17.7 Å². The normalized spacial score (nSPS) is 25.0. The Labute approximate surface area is 149 Å². The Morgan fingerprint density at radius 2 is 1.80 bits per heavy atom. The van der Waals surface area contributed by atoms with E-state index in [0.717, 1.165) is 30.5 Å². The van der Waals surface area contributed by atoms with Gasteiger partial charge in [0.05, 0.1) is 5.56 Å². The molecule has 0 saturated carbocycles. The van der Waals surface area contributed by atoms with Crippen molar-refractivity contribution in [1.29, 1.82) is 0 Å². The number of nitrogens with zero attached hydrogens (tertiary/aromatic N) is 1. The van der Waals surface area contributed by atoms with E-state index in [1.165, 1.54) is 18.6 Å². The maximum atomic E-state index is 14.1. The van der Waals surface area contributed by atoms with Gasteiger partial charge in [0.1, 0.15) is 0 Å². The molecule has 7 heteroatoms. The smallest absolute Gasteiger partial charge is 0.311 e. The molecule has 1 aromatic heterocycles. The molecule has 2 aliphatic heterocycles. The van der Waals surface area contributed by atoms with Crippen LogP contribution in [0.4, 0.5) is 17.6 Å². The average Bonchev–Trinajstić information content (AvgIpc) is 3.18. The van der Waals surface area contributed by atoms with Gasteiger partial charge in [-0.05, 0) is 48.6 Å². The van der Waals surface area contributed by atoms with Gasteiger partial charge in [-0.2, -0.15) is 17.6 Å². The highest BCUT2D eigenvalue weighted by Gasteiger charge is 2.40. The molecule has 0 radical (unpaired) electrons. The highest BCUT2D eigenvalue weighted by molar-refractivity contribution is 5.85. The van der Waals surface area contributed by atoms with Crippen molar-refractivity contribution in [2.75, 3.05) is 0 Å². The molecule has 1 aromatic carbocycles. The summed E-state index contributed by atoms with van der Waals surface area (Å²) in [4.78, 5) is 3.84. The first-order chi connectivity index (χ1) is 11.4. The van der Waals surface area contributed by atoms with Crippen LogP contribution in [0, 0.1) is 5.95 Å². The molecule has 2 bridgehead atoms. The topological polar surface area (TPSA) is 24.9 Å². The lowest BCUT2D eigenvalue weighted by molar-refractivity contribution is -0.137. The van der Waals surface area contributed by atoms with Gasteiger partial charge in [-0.3, -0.25) is 0 Å². The van der Waals surface area contributed by atoms with Crippen LogP contribution in [-0.4, -0.2) is 17.1 Å². The summed E-state index contributed by atoms with van der Waals surface area (Å²) in [6, 6.07) is 7.18. The van der Waals surface area contributed by atoms with Gasteiger partial charge in [0.2, 0.25) is 5.95 Å². The first-order valence-corrected chi connectivity index (χ1v) is 8.01. The fourth-order valence-electron chi connectivity index (χ4n) is 3.90. The summed E-state index contributed by atoms with van der Waals surface area (Å²) in [5.41, 5.74) is 0.869. The Kier molecular flexibility index (Phi) is 4.77. The predicted octanol–water partition coefficient (Wildman–Crippen LogP) is 4.94. The van der Waals surface area contributed by atoms with Crippen molar-refractivity contribution in [2.24, 2.45) is 0 Å². The van der Waals surface area contributed by atoms with Gasteiger partial charge in [-0.1, -0.05) is 12.1 Å². The molecule has 3 heterocycles. The molecule has 1 N–H and O–H groups in total. The van der Waals surface area contributed by atoms with Crippen molar-refractivity contribution >= 4 is 12.4 Å². The first-order valence-electron chi connectivity index (χ1n) is 8.01. The van der Waals surface area contributed by atoms with Crippen molar-refractivity contribution in [2.45, 2.75) is 43.4 Å². The van der Waals surface area contributed by atoms with E-state index in [4.69, 9.17) is 0 Å². The van der Waals surface area contributed by atoms with Crippen LogP contribution in [0.3, 0.4) is 0 Å². The van der Waals surface area contributed by atoms with Crippen LogP contribution in [0.25, 0.3) is 11.1 Å². The number of benzene rings is 1. The molecule has 3 unspecified atom stereocenters. The largest absolute Gasteiger partial charge is 0.416 e. The number of nitrogens with one attached hydrogen (secondary N) is 1. The van der Waals surface area contributed by atoms with Crippen LogP contribution < -0.4 is 5.32 Å². The predicted molar refractivity (Wildman–Crippen MR) is 89.2 cm³/mol. The molecule has 2 nitrogen and oxygen atoms in total. The third kappa shape index (κ3) is 3.37. The maximum absolute atomic E-state index is 14.1. The van der Waals surface area contributed by atoms with Crippen LogP contribution >= 0.6 is 12.4 Å². The SMILES string of the molecule is Cl.Fc1ncc(C2CC3CCC2N3)cc1-c1ccc(C(F)(F)F)cc1. The van der Waals surface area contributed by atoms with Crippen LogP contribution in [-0.2, 0) is 6.18 Å². The van der Waals surface area contributed by atoms with Gasteiger partial charge in [0.25, 0.3) is 0 Å². The van der Waals surface area contributed by atoms with E-state index >= 15 is 0 Å². The summed E-state index contributed by atoms with van der Waals surface area (Å²) in [6.45, 7) is 0. The summed E-state index contributed by atoms with van der Waals surface area (Å²) in [6.07, 6.45) is 0.427. The summed E-state index contributed by atoms with van der Waals surface area (Å²) in [5, 5.41) is 3.53. The van der Waals surface area contributed by atoms with Gasteiger partial charge in [-0.25, -0.2) is 4.98 Å². The van der Waals surface area contributed by atoms with Gasteiger partial charge in [-0.15, -0.1) is 12.4 Å². The number of rotatable bonds is 2. The number of hydrogen-bond acceptors (Lipinski definition) is 2. The lowest BCUT2D eigenvalue weighted by atomic mass is 9.84. The van der Waals surface area contributed by atoms with Crippen LogP contribution in [0.1, 0.15) is 36.3 Å².